The normalized spacial score (nSPS) is 23.4. The highest BCUT2D eigenvalue weighted by molar-refractivity contribution is 7.82. The lowest BCUT2D eigenvalue weighted by Crippen LogP contribution is -2.61. The maximum atomic E-state index is 12.5. The molecule has 128 valence electrons. The molecule has 23 heavy (non-hydrogen) atoms. The number of likely N-dealkylation sites (tertiary alicyclic amines) is 1. The zero-order valence-corrected chi connectivity index (χ0v) is 14.8. The van der Waals surface area contributed by atoms with Crippen LogP contribution < -0.4 is 0 Å². The van der Waals surface area contributed by atoms with Crippen LogP contribution in [0.2, 0.25) is 0 Å². The fourth-order valence-electron chi connectivity index (χ4n) is 3.21. The molecule has 1 aromatic rings. The second-order valence-electron chi connectivity index (χ2n) is 6.32. The second kappa shape index (κ2) is 7.40. The summed E-state index contributed by atoms with van der Waals surface area (Å²) in [5.41, 5.74) is 1.31. The quantitative estimate of drug-likeness (QED) is 0.791. The molecule has 0 N–H and O–H groups in total. The van der Waals surface area contributed by atoms with E-state index in [1.54, 1.807) is 7.11 Å². The number of hydrogen-bond donors (Lipinski definition) is 0. The Bertz CT molecular complexity index is 531. The van der Waals surface area contributed by atoms with E-state index in [0.717, 1.165) is 44.0 Å². The molecule has 2 fully saturated rings. The van der Waals surface area contributed by atoms with Gasteiger partial charge in [-0.05, 0) is 24.1 Å². The summed E-state index contributed by atoms with van der Waals surface area (Å²) in [4.78, 5) is 3.26. The van der Waals surface area contributed by atoms with E-state index in [-0.39, 0.29) is 5.60 Å². The van der Waals surface area contributed by atoms with Crippen molar-refractivity contribution in [3.05, 3.63) is 29.8 Å². The summed E-state index contributed by atoms with van der Waals surface area (Å²) in [6.07, 6.45) is 1.05. The molecule has 0 aliphatic carbocycles. The molecule has 2 aliphatic heterocycles. The largest absolute Gasteiger partial charge is 0.379 e. The average Bonchev–Trinajstić information content (AvgIpc) is 2.58. The molecule has 5 nitrogen and oxygen atoms in total. The van der Waals surface area contributed by atoms with Crippen molar-refractivity contribution in [1.29, 1.82) is 0 Å². The van der Waals surface area contributed by atoms with Gasteiger partial charge in [-0.25, -0.2) is 8.51 Å². The van der Waals surface area contributed by atoms with Crippen molar-refractivity contribution in [3.63, 3.8) is 0 Å². The Morgan fingerprint density at radius 1 is 1.22 bits per heavy atom. The first kappa shape index (κ1) is 17.0. The van der Waals surface area contributed by atoms with Crippen LogP contribution in [0, 0.1) is 0 Å². The van der Waals surface area contributed by atoms with Gasteiger partial charge in [0.2, 0.25) is 0 Å². The van der Waals surface area contributed by atoms with Gasteiger partial charge in [0, 0.05) is 39.8 Å². The smallest absolute Gasteiger partial charge is 0.127 e. The number of nitrogens with zero attached hydrogens (tertiary/aromatic N) is 2. The highest BCUT2D eigenvalue weighted by Crippen LogP contribution is 2.29. The fraction of sp³-hybridized carbons (Fsp3) is 0.647. The SMILES string of the molecule is CCC1(OC)CN(Cc2ccc(S(=O)N3CCOCC3)cc2)C1. The lowest BCUT2D eigenvalue weighted by atomic mass is 9.90. The van der Waals surface area contributed by atoms with E-state index in [2.05, 4.69) is 24.0 Å². The van der Waals surface area contributed by atoms with E-state index in [1.807, 2.05) is 16.4 Å². The van der Waals surface area contributed by atoms with E-state index in [9.17, 15) is 4.21 Å². The highest BCUT2D eigenvalue weighted by atomic mass is 32.2. The molecule has 1 aromatic carbocycles. The maximum Gasteiger partial charge on any atom is 0.127 e. The van der Waals surface area contributed by atoms with E-state index in [1.165, 1.54) is 5.56 Å². The summed E-state index contributed by atoms with van der Waals surface area (Å²) in [5.74, 6) is 0. The van der Waals surface area contributed by atoms with Crippen LogP contribution in [0.5, 0.6) is 0 Å². The van der Waals surface area contributed by atoms with Crippen LogP contribution in [0.25, 0.3) is 0 Å². The molecule has 2 saturated heterocycles. The molecule has 0 bridgehead atoms. The van der Waals surface area contributed by atoms with Crippen LogP contribution in [0.15, 0.2) is 29.2 Å². The lowest BCUT2D eigenvalue weighted by molar-refractivity contribution is -0.129. The van der Waals surface area contributed by atoms with Gasteiger partial charge in [-0.2, -0.15) is 0 Å². The number of hydrogen-bond acceptors (Lipinski definition) is 4. The molecule has 2 aliphatic rings. The molecular formula is C17H26N2O3S. The Labute approximate surface area is 141 Å². The first-order valence-electron chi connectivity index (χ1n) is 8.27. The van der Waals surface area contributed by atoms with Gasteiger partial charge in [-0.15, -0.1) is 0 Å². The first-order chi connectivity index (χ1) is 11.2. The summed E-state index contributed by atoms with van der Waals surface area (Å²) in [6, 6.07) is 8.16. The van der Waals surface area contributed by atoms with Gasteiger partial charge >= 0.3 is 0 Å². The predicted octanol–water partition coefficient (Wildman–Crippen LogP) is 1.65. The van der Waals surface area contributed by atoms with Crippen LogP contribution in [-0.2, 0) is 27.0 Å². The van der Waals surface area contributed by atoms with E-state index in [4.69, 9.17) is 9.47 Å². The minimum atomic E-state index is -1.07. The maximum absolute atomic E-state index is 12.5. The molecule has 0 amide bonds. The zero-order valence-electron chi connectivity index (χ0n) is 14.0. The number of morpholine rings is 1. The van der Waals surface area contributed by atoms with Crippen LogP contribution in [0.3, 0.4) is 0 Å². The first-order valence-corrected chi connectivity index (χ1v) is 9.37. The molecule has 1 unspecified atom stereocenters. The topological polar surface area (TPSA) is 42.0 Å². The molecule has 3 rings (SSSR count). The Hall–Kier alpha value is -0.790. The molecular weight excluding hydrogens is 312 g/mol. The molecule has 2 heterocycles. The second-order valence-corrected chi connectivity index (χ2v) is 7.81. The molecule has 1 atom stereocenters. The van der Waals surface area contributed by atoms with Crippen molar-refractivity contribution in [1.82, 2.24) is 9.21 Å². The fourth-order valence-corrected chi connectivity index (χ4v) is 4.36. The summed E-state index contributed by atoms with van der Waals surface area (Å²) in [6.45, 7) is 7.88. The van der Waals surface area contributed by atoms with Crippen LogP contribution >= 0.6 is 0 Å². The Kier molecular flexibility index (Phi) is 5.49. The molecule has 0 aromatic heterocycles. The Morgan fingerprint density at radius 3 is 2.43 bits per heavy atom. The van der Waals surface area contributed by atoms with Crippen molar-refractivity contribution >= 4 is 11.0 Å². The third-order valence-electron chi connectivity index (χ3n) is 4.84. The molecule has 6 heteroatoms. The third kappa shape index (κ3) is 3.83. The van der Waals surface area contributed by atoms with Crippen LogP contribution in [0.1, 0.15) is 18.9 Å². The van der Waals surface area contributed by atoms with E-state index in [0.29, 0.717) is 13.2 Å². The summed E-state index contributed by atoms with van der Waals surface area (Å²) in [7, 11) is 0.728. The van der Waals surface area contributed by atoms with Crippen LogP contribution in [0.4, 0.5) is 0 Å². The van der Waals surface area contributed by atoms with Crippen LogP contribution in [-0.4, -0.2) is 65.5 Å². The third-order valence-corrected chi connectivity index (χ3v) is 6.35. The van der Waals surface area contributed by atoms with Gasteiger partial charge in [0.25, 0.3) is 0 Å². The highest BCUT2D eigenvalue weighted by Gasteiger charge is 2.41. The molecule has 0 saturated carbocycles. The van der Waals surface area contributed by atoms with Crippen molar-refractivity contribution < 1.29 is 13.7 Å². The van der Waals surface area contributed by atoms with Gasteiger partial charge in [-0.1, -0.05) is 19.1 Å². The molecule has 0 spiro atoms. The Morgan fingerprint density at radius 2 is 1.87 bits per heavy atom. The minimum absolute atomic E-state index is 0.0533. The van der Waals surface area contributed by atoms with E-state index >= 15 is 0 Å². The Balaban J connectivity index is 1.54. The van der Waals surface area contributed by atoms with Crippen molar-refractivity contribution in [2.75, 3.05) is 46.5 Å². The standard InChI is InChI=1S/C17H26N2O3S/c1-3-17(21-2)13-18(14-17)12-15-4-6-16(7-5-15)23(20)19-8-10-22-11-9-19/h4-7H,3,8-14H2,1-2H3. The number of ether oxygens (including phenoxy) is 2. The monoisotopic (exact) mass is 338 g/mol. The van der Waals surface area contributed by atoms with Gasteiger partial charge in [0.05, 0.1) is 23.7 Å². The van der Waals surface area contributed by atoms with Crippen molar-refractivity contribution in [2.45, 2.75) is 30.4 Å². The average molecular weight is 338 g/mol. The van der Waals surface area contributed by atoms with Crippen molar-refractivity contribution in [3.8, 4) is 0 Å². The lowest BCUT2D eigenvalue weighted by Gasteiger charge is -2.48. The summed E-state index contributed by atoms with van der Waals surface area (Å²) in [5, 5.41) is 0. The van der Waals surface area contributed by atoms with Gasteiger partial charge in [0.1, 0.15) is 11.0 Å². The predicted molar refractivity (Wildman–Crippen MR) is 90.6 cm³/mol. The summed E-state index contributed by atoms with van der Waals surface area (Å²) < 4.78 is 25.4. The number of methoxy groups -OCH3 is 1. The van der Waals surface area contributed by atoms with Gasteiger partial charge < -0.3 is 9.47 Å². The van der Waals surface area contributed by atoms with E-state index < -0.39 is 11.0 Å². The number of benzene rings is 1. The minimum Gasteiger partial charge on any atom is -0.379 e. The van der Waals surface area contributed by atoms with Gasteiger partial charge in [0.15, 0.2) is 0 Å². The zero-order chi connectivity index (χ0) is 16.3. The summed E-state index contributed by atoms with van der Waals surface area (Å²) >= 11 is 0. The molecule has 0 radical (unpaired) electrons. The van der Waals surface area contributed by atoms with Crippen molar-refractivity contribution in [2.24, 2.45) is 0 Å². The van der Waals surface area contributed by atoms with Gasteiger partial charge in [-0.3, -0.25) is 4.90 Å². The number of rotatable bonds is 6.